The number of unbranched alkanes of at least 4 members (excludes halogenated alkanes) is 2. The van der Waals surface area contributed by atoms with Crippen LogP contribution in [-0.2, 0) is 45.3 Å². The minimum atomic E-state index is -0.315. The van der Waals surface area contributed by atoms with Crippen LogP contribution in [0.4, 0.5) is 0 Å². The Hall–Kier alpha value is -1.18. The van der Waals surface area contributed by atoms with Crippen molar-refractivity contribution in [3.63, 3.8) is 0 Å². The Labute approximate surface area is 194 Å². The van der Waals surface area contributed by atoms with Crippen molar-refractivity contribution in [1.29, 1.82) is 0 Å². The molecule has 4 N–H and O–H groups in total. The van der Waals surface area contributed by atoms with E-state index in [-0.39, 0.29) is 49.7 Å². The number of rotatable bonds is 10. The molecule has 0 aromatic rings. The minimum absolute atomic E-state index is 0. The molecular formula is C20H40O8Zr. The topological polar surface area (TPSA) is 134 Å². The molecule has 0 spiro atoms. The predicted molar refractivity (Wildman–Crippen MR) is 110 cm³/mol. The third kappa shape index (κ3) is 58.4. The van der Waals surface area contributed by atoms with Gasteiger partial charge >= 0.3 is 0 Å². The first-order chi connectivity index (χ1) is 13.2. The first kappa shape index (κ1) is 38.4. The van der Waals surface area contributed by atoms with Crippen LogP contribution in [-0.4, -0.2) is 58.4 Å². The van der Waals surface area contributed by atoms with E-state index in [1.54, 1.807) is 13.8 Å². The first-order valence-electron chi connectivity index (χ1n) is 9.46. The Morgan fingerprint density at radius 3 is 1.10 bits per heavy atom. The fraction of sp³-hybridized carbons (Fsp3) is 0.700. The Bertz CT molecular complexity index is 367. The molecule has 0 aliphatic carbocycles. The average Bonchev–Trinajstić information content (AvgIpc) is 2.57. The zero-order chi connectivity index (χ0) is 22.8. The predicted octanol–water partition coefficient (Wildman–Crippen LogP) is 3.58. The van der Waals surface area contributed by atoms with Gasteiger partial charge in [-0.1, -0.05) is 26.7 Å². The number of ether oxygens (including phenoxy) is 2. The fourth-order valence-corrected chi connectivity index (χ4v) is 1.04. The van der Waals surface area contributed by atoms with E-state index in [0.29, 0.717) is 26.4 Å². The van der Waals surface area contributed by atoms with Crippen LogP contribution in [0.5, 0.6) is 0 Å². The van der Waals surface area contributed by atoms with Crippen LogP contribution in [0.1, 0.15) is 67.2 Å². The summed E-state index contributed by atoms with van der Waals surface area (Å²) in [5.74, 6) is -1.07. The molecule has 0 fully saturated rings. The zero-order valence-corrected chi connectivity index (χ0v) is 21.2. The van der Waals surface area contributed by atoms with Crippen LogP contribution >= 0.6 is 0 Å². The Balaban J connectivity index is -0.0000000907. The number of aliphatic hydroxyl groups is 4. The normalized spacial score (nSPS) is 9.79. The van der Waals surface area contributed by atoms with Crippen molar-refractivity contribution in [2.24, 2.45) is 0 Å². The van der Waals surface area contributed by atoms with Crippen LogP contribution < -0.4 is 0 Å². The molecule has 0 saturated carbocycles. The molecule has 0 saturated heterocycles. The number of hydrogen-bond acceptors (Lipinski definition) is 8. The molecule has 172 valence electrons. The summed E-state index contributed by atoms with van der Waals surface area (Å²) in [5, 5.41) is 33.4. The van der Waals surface area contributed by atoms with Crippen molar-refractivity contribution in [3.8, 4) is 0 Å². The second-order valence-corrected chi connectivity index (χ2v) is 5.21. The SMILES string of the molecule is CCCCO.CCCCO.CCO/C(O)=C\C(C)=O.CCO/C(O)=C\C(C)=O.[Zr]. The molecule has 0 bridgehead atoms. The van der Waals surface area contributed by atoms with Gasteiger partial charge in [0, 0.05) is 39.4 Å². The van der Waals surface area contributed by atoms with Crippen molar-refractivity contribution in [1.82, 2.24) is 0 Å². The van der Waals surface area contributed by atoms with Crippen LogP contribution in [0.2, 0.25) is 0 Å². The maximum Gasteiger partial charge on any atom is 0.280 e. The molecule has 0 unspecified atom stereocenters. The van der Waals surface area contributed by atoms with Crippen molar-refractivity contribution >= 4 is 11.6 Å². The van der Waals surface area contributed by atoms with Crippen molar-refractivity contribution < 1.29 is 65.7 Å². The quantitative estimate of drug-likeness (QED) is 0.265. The molecule has 29 heavy (non-hydrogen) atoms. The molecule has 0 radical (unpaired) electrons. The van der Waals surface area contributed by atoms with Crippen LogP contribution in [0.3, 0.4) is 0 Å². The largest absolute Gasteiger partial charge is 0.481 e. The number of ketones is 2. The molecule has 9 heteroatoms. The maximum absolute atomic E-state index is 10.2. The summed E-state index contributed by atoms with van der Waals surface area (Å²) in [6, 6.07) is 0. The summed E-state index contributed by atoms with van der Waals surface area (Å²) >= 11 is 0. The van der Waals surface area contributed by atoms with E-state index in [1.807, 2.05) is 0 Å². The van der Waals surface area contributed by atoms with Gasteiger partial charge in [-0.05, 0) is 40.5 Å². The number of carbonyl (C=O) groups excluding carboxylic acids is 2. The zero-order valence-electron chi connectivity index (χ0n) is 18.7. The third-order valence-corrected chi connectivity index (χ3v) is 2.26. The van der Waals surface area contributed by atoms with Crippen molar-refractivity contribution in [2.75, 3.05) is 26.4 Å². The standard InChI is InChI=1S/2C6H10O3.2C4H10O.Zr/c2*1-3-9-6(8)4-5(2)7;2*1-2-3-4-5;/h2*4,8H,3H2,1-2H3;2*5H,2-4H2,1H3;/b2*6-4-;;;. The Kier molecular flexibility index (Phi) is 45.5. The molecule has 0 aromatic heterocycles. The monoisotopic (exact) mass is 498 g/mol. The van der Waals surface area contributed by atoms with Crippen LogP contribution in [0, 0.1) is 0 Å². The molecule has 0 aliphatic rings. The van der Waals surface area contributed by atoms with Crippen molar-refractivity contribution in [2.45, 2.75) is 67.2 Å². The summed E-state index contributed by atoms with van der Waals surface area (Å²) < 4.78 is 9.10. The summed E-state index contributed by atoms with van der Waals surface area (Å²) in [5.41, 5.74) is 0. The second kappa shape index (κ2) is 34.3. The van der Waals surface area contributed by atoms with E-state index in [9.17, 15) is 9.59 Å². The van der Waals surface area contributed by atoms with E-state index < -0.39 is 0 Å². The Morgan fingerprint density at radius 2 is 1.00 bits per heavy atom. The van der Waals surface area contributed by atoms with E-state index in [0.717, 1.165) is 37.8 Å². The van der Waals surface area contributed by atoms with Gasteiger partial charge in [0.25, 0.3) is 11.9 Å². The third-order valence-electron chi connectivity index (χ3n) is 2.26. The van der Waals surface area contributed by atoms with E-state index >= 15 is 0 Å². The van der Waals surface area contributed by atoms with Crippen molar-refractivity contribution in [3.05, 3.63) is 24.0 Å². The molecule has 0 amide bonds. The van der Waals surface area contributed by atoms with Crippen LogP contribution in [0.15, 0.2) is 24.0 Å². The Morgan fingerprint density at radius 1 is 0.724 bits per heavy atom. The van der Waals surface area contributed by atoms with Gasteiger partial charge in [0.2, 0.25) is 0 Å². The summed E-state index contributed by atoms with van der Waals surface area (Å²) in [6.07, 6.45) is 6.14. The van der Waals surface area contributed by atoms with E-state index in [1.165, 1.54) is 13.8 Å². The second-order valence-electron chi connectivity index (χ2n) is 5.21. The smallest absolute Gasteiger partial charge is 0.280 e. The average molecular weight is 500 g/mol. The summed E-state index contributed by atoms with van der Waals surface area (Å²) in [7, 11) is 0. The number of hydrogen-bond donors (Lipinski definition) is 4. The van der Waals surface area contributed by atoms with Gasteiger partial charge in [-0.15, -0.1) is 0 Å². The number of carbonyl (C=O) groups is 2. The van der Waals surface area contributed by atoms with Gasteiger partial charge in [0.05, 0.1) is 25.4 Å². The summed E-state index contributed by atoms with van der Waals surface area (Å²) in [4.78, 5) is 20.4. The molecule has 0 rings (SSSR count). The number of aliphatic hydroxyl groups excluding tert-OH is 4. The van der Waals surface area contributed by atoms with Gasteiger partial charge < -0.3 is 29.9 Å². The van der Waals surface area contributed by atoms with Gasteiger partial charge in [0.1, 0.15) is 0 Å². The molecule has 0 atom stereocenters. The fourth-order valence-electron chi connectivity index (χ4n) is 1.04. The van der Waals surface area contributed by atoms with E-state index in [4.69, 9.17) is 20.4 Å². The number of allylic oxidation sites excluding steroid dienone is 2. The molecule has 0 aromatic carbocycles. The van der Waals surface area contributed by atoms with E-state index in [2.05, 4.69) is 23.3 Å². The van der Waals surface area contributed by atoms with Gasteiger partial charge in [-0.25, -0.2) is 0 Å². The molecular weight excluding hydrogens is 459 g/mol. The molecule has 0 heterocycles. The van der Waals surface area contributed by atoms with Crippen LogP contribution in [0.25, 0.3) is 0 Å². The summed E-state index contributed by atoms with van der Waals surface area (Å²) in [6.45, 7) is 11.7. The molecule has 0 aliphatic heterocycles. The minimum Gasteiger partial charge on any atom is -0.481 e. The van der Waals surface area contributed by atoms with Gasteiger partial charge in [0.15, 0.2) is 11.6 Å². The van der Waals surface area contributed by atoms with Gasteiger partial charge in [-0.3, -0.25) is 9.59 Å². The maximum atomic E-state index is 10.2. The molecule has 8 nitrogen and oxygen atoms in total. The first-order valence-corrected chi connectivity index (χ1v) is 9.46. The van der Waals surface area contributed by atoms with Gasteiger partial charge in [-0.2, -0.15) is 0 Å².